The van der Waals surface area contributed by atoms with Crippen LogP contribution < -0.4 is 10.1 Å². The quantitative estimate of drug-likeness (QED) is 0.585. The van der Waals surface area contributed by atoms with Gasteiger partial charge in [-0.1, -0.05) is 0 Å². The smallest absolute Gasteiger partial charge is 0.412 e. The van der Waals surface area contributed by atoms with Crippen molar-refractivity contribution in [1.29, 1.82) is 0 Å². The summed E-state index contributed by atoms with van der Waals surface area (Å²) in [5, 5.41) is 22.5. The largest absolute Gasteiger partial charge is 0.478 e. The molecule has 2 aromatic carbocycles. The third kappa shape index (κ3) is 5.70. The van der Waals surface area contributed by atoms with Gasteiger partial charge in [0.25, 0.3) is 5.69 Å². The summed E-state index contributed by atoms with van der Waals surface area (Å²) in [6.45, 7) is 5.11. The van der Waals surface area contributed by atoms with E-state index in [-0.39, 0.29) is 28.4 Å². The number of benzene rings is 2. The average molecular weight is 374 g/mol. The van der Waals surface area contributed by atoms with Crippen molar-refractivity contribution in [3.8, 4) is 11.5 Å². The van der Waals surface area contributed by atoms with E-state index in [1.807, 2.05) is 0 Å². The first kappa shape index (κ1) is 19.7. The Balaban J connectivity index is 2.21. The van der Waals surface area contributed by atoms with Crippen LogP contribution in [-0.2, 0) is 4.74 Å². The number of carbonyl (C=O) groups excluding carboxylic acids is 1. The number of amides is 1. The van der Waals surface area contributed by atoms with Gasteiger partial charge in [-0.05, 0) is 51.1 Å². The Morgan fingerprint density at radius 2 is 1.74 bits per heavy atom. The molecule has 0 heterocycles. The second-order valence-corrected chi connectivity index (χ2v) is 6.50. The fourth-order valence-electron chi connectivity index (χ4n) is 2.05. The molecule has 0 aromatic heterocycles. The van der Waals surface area contributed by atoms with E-state index in [4.69, 9.17) is 9.47 Å². The highest BCUT2D eigenvalue weighted by atomic mass is 16.6. The van der Waals surface area contributed by atoms with Gasteiger partial charge in [-0.15, -0.1) is 0 Å². The molecular formula is C18H18N2O7. The number of carboxylic acids is 1. The SMILES string of the molecule is CC(C)(C)OC(=O)Nc1ccc(Oc2ccc([N+](=O)[O-])cc2)c(C(=O)O)c1. The van der Waals surface area contributed by atoms with Crippen molar-refractivity contribution >= 4 is 23.4 Å². The summed E-state index contributed by atoms with van der Waals surface area (Å²) in [6, 6.07) is 9.26. The van der Waals surface area contributed by atoms with Crippen LogP contribution in [0, 0.1) is 10.1 Å². The standard InChI is InChI=1S/C18H18N2O7/c1-18(2,3)27-17(23)19-11-4-9-15(14(10-11)16(21)22)26-13-7-5-12(6-8-13)20(24)25/h4-10H,1-3H3,(H,19,23)(H,21,22). The minimum atomic E-state index is -1.26. The van der Waals surface area contributed by atoms with Gasteiger partial charge >= 0.3 is 12.1 Å². The van der Waals surface area contributed by atoms with Gasteiger partial charge in [-0.3, -0.25) is 15.4 Å². The molecular weight excluding hydrogens is 356 g/mol. The van der Waals surface area contributed by atoms with Gasteiger partial charge in [0, 0.05) is 17.8 Å². The fraction of sp³-hybridized carbons (Fsp3) is 0.222. The van der Waals surface area contributed by atoms with Crippen LogP contribution in [0.15, 0.2) is 42.5 Å². The number of nitro benzene ring substituents is 1. The van der Waals surface area contributed by atoms with Gasteiger partial charge in [0.1, 0.15) is 22.7 Å². The van der Waals surface area contributed by atoms with Crippen LogP contribution in [-0.4, -0.2) is 27.7 Å². The number of hydrogen-bond donors (Lipinski definition) is 2. The first-order valence-corrected chi connectivity index (χ1v) is 7.85. The van der Waals surface area contributed by atoms with Crippen molar-refractivity contribution in [2.75, 3.05) is 5.32 Å². The van der Waals surface area contributed by atoms with Gasteiger partial charge in [-0.2, -0.15) is 0 Å². The third-order valence-corrected chi connectivity index (χ3v) is 3.13. The summed E-state index contributed by atoms with van der Waals surface area (Å²) >= 11 is 0. The number of anilines is 1. The predicted octanol–water partition coefficient (Wildman–Crippen LogP) is 4.43. The molecule has 2 rings (SSSR count). The number of aromatic carboxylic acids is 1. The van der Waals surface area contributed by atoms with Crippen LogP contribution in [0.1, 0.15) is 31.1 Å². The number of nitrogens with zero attached hydrogens (tertiary/aromatic N) is 1. The number of ether oxygens (including phenoxy) is 2. The zero-order valence-electron chi connectivity index (χ0n) is 14.9. The molecule has 2 aromatic rings. The molecule has 0 saturated carbocycles. The normalized spacial score (nSPS) is 10.8. The maximum absolute atomic E-state index is 11.8. The van der Waals surface area contributed by atoms with E-state index >= 15 is 0 Å². The summed E-state index contributed by atoms with van der Waals surface area (Å²) in [6.07, 6.45) is -0.720. The van der Waals surface area contributed by atoms with E-state index in [9.17, 15) is 24.8 Å². The van der Waals surface area contributed by atoms with Crippen molar-refractivity contribution in [2.24, 2.45) is 0 Å². The summed E-state index contributed by atoms with van der Waals surface area (Å²) in [5.41, 5.74) is -0.782. The molecule has 0 saturated heterocycles. The molecule has 9 heteroatoms. The van der Waals surface area contributed by atoms with Crippen LogP contribution in [0.2, 0.25) is 0 Å². The molecule has 0 spiro atoms. The molecule has 0 aliphatic rings. The topological polar surface area (TPSA) is 128 Å². The molecule has 0 atom stereocenters. The van der Waals surface area contributed by atoms with Gasteiger partial charge in [0.05, 0.1) is 4.92 Å². The molecule has 1 amide bonds. The second kappa shape index (κ2) is 7.73. The summed E-state index contributed by atoms with van der Waals surface area (Å²) in [7, 11) is 0. The van der Waals surface area contributed by atoms with Gasteiger partial charge in [0.2, 0.25) is 0 Å². The maximum atomic E-state index is 11.8. The number of carboxylic acid groups (broad SMARTS) is 1. The molecule has 2 N–H and O–H groups in total. The predicted molar refractivity (Wildman–Crippen MR) is 96.4 cm³/mol. The Bertz CT molecular complexity index is 870. The van der Waals surface area contributed by atoms with Crippen LogP contribution >= 0.6 is 0 Å². The molecule has 0 aliphatic heterocycles. The molecule has 0 radical (unpaired) electrons. The van der Waals surface area contributed by atoms with Crippen molar-refractivity contribution < 1.29 is 29.1 Å². The van der Waals surface area contributed by atoms with Crippen LogP contribution in [0.25, 0.3) is 0 Å². The third-order valence-electron chi connectivity index (χ3n) is 3.13. The Morgan fingerprint density at radius 3 is 2.26 bits per heavy atom. The maximum Gasteiger partial charge on any atom is 0.412 e. The van der Waals surface area contributed by atoms with Crippen molar-refractivity contribution in [2.45, 2.75) is 26.4 Å². The van der Waals surface area contributed by atoms with Crippen molar-refractivity contribution in [3.05, 3.63) is 58.1 Å². The number of hydrogen-bond acceptors (Lipinski definition) is 6. The molecule has 0 fully saturated rings. The molecule has 0 aliphatic carbocycles. The number of carbonyl (C=O) groups is 2. The zero-order chi connectivity index (χ0) is 20.2. The van der Waals surface area contributed by atoms with E-state index in [1.54, 1.807) is 20.8 Å². The molecule has 142 valence electrons. The first-order chi connectivity index (χ1) is 12.5. The lowest BCUT2D eigenvalue weighted by Gasteiger charge is -2.20. The van der Waals surface area contributed by atoms with Gasteiger partial charge in [-0.25, -0.2) is 9.59 Å². The summed E-state index contributed by atoms with van der Waals surface area (Å²) < 4.78 is 10.6. The highest BCUT2D eigenvalue weighted by Crippen LogP contribution is 2.29. The highest BCUT2D eigenvalue weighted by molar-refractivity contribution is 5.94. The van der Waals surface area contributed by atoms with Gasteiger partial charge < -0.3 is 14.6 Å². The Morgan fingerprint density at radius 1 is 1.11 bits per heavy atom. The monoisotopic (exact) mass is 374 g/mol. The lowest BCUT2D eigenvalue weighted by molar-refractivity contribution is -0.384. The lowest BCUT2D eigenvalue weighted by atomic mass is 10.1. The van der Waals surface area contributed by atoms with Crippen molar-refractivity contribution in [1.82, 2.24) is 0 Å². The Labute approximate surface area is 154 Å². The van der Waals surface area contributed by atoms with E-state index < -0.39 is 22.6 Å². The molecule has 0 unspecified atom stereocenters. The summed E-state index contributed by atoms with van der Waals surface area (Å²) in [4.78, 5) is 33.4. The lowest BCUT2D eigenvalue weighted by Crippen LogP contribution is -2.27. The fourth-order valence-corrected chi connectivity index (χ4v) is 2.05. The minimum Gasteiger partial charge on any atom is -0.478 e. The van der Waals surface area contributed by atoms with E-state index in [1.165, 1.54) is 42.5 Å². The highest BCUT2D eigenvalue weighted by Gasteiger charge is 2.18. The van der Waals surface area contributed by atoms with Crippen LogP contribution in [0.4, 0.5) is 16.2 Å². The van der Waals surface area contributed by atoms with Crippen LogP contribution in [0.5, 0.6) is 11.5 Å². The second-order valence-electron chi connectivity index (χ2n) is 6.50. The van der Waals surface area contributed by atoms with E-state index in [0.29, 0.717) is 0 Å². The zero-order valence-corrected chi connectivity index (χ0v) is 14.9. The number of non-ortho nitro benzene ring substituents is 1. The van der Waals surface area contributed by atoms with E-state index in [0.717, 1.165) is 0 Å². The van der Waals surface area contributed by atoms with Crippen molar-refractivity contribution in [3.63, 3.8) is 0 Å². The molecule has 9 nitrogen and oxygen atoms in total. The van der Waals surface area contributed by atoms with E-state index in [2.05, 4.69) is 5.32 Å². The average Bonchev–Trinajstić information content (AvgIpc) is 2.54. The number of rotatable bonds is 5. The first-order valence-electron chi connectivity index (χ1n) is 7.85. The molecule has 0 bridgehead atoms. The molecule has 27 heavy (non-hydrogen) atoms. The van der Waals surface area contributed by atoms with Gasteiger partial charge in [0.15, 0.2) is 0 Å². The minimum absolute atomic E-state index is 0.0195. The van der Waals surface area contributed by atoms with Crippen LogP contribution in [0.3, 0.4) is 0 Å². The number of nitro groups is 1. The Hall–Kier alpha value is -3.62. The summed E-state index contributed by atoms with van der Waals surface area (Å²) in [5.74, 6) is -1.01. The Kier molecular flexibility index (Phi) is 5.64. The number of nitrogens with one attached hydrogen (secondary N) is 1.